The molecule has 0 aliphatic carbocycles. The molecule has 0 bridgehead atoms. The molecule has 2 heterocycles. The van der Waals surface area contributed by atoms with Gasteiger partial charge in [0.15, 0.2) is 11.3 Å². The Labute approximate surface area is 151 Å². The van der Waals surface area contributed by atoms with Crippen LogP contribution in [0.3, 0.4) is 0 Å². The lowest BCUT2D eigenvalue weighted by atomic mass is 10.0. The number of nitrogens with one attached hydrogen (secondary N) is 1. The predicted octanol–water partition coefficient (Wildman–Crippen LogP) is 2.58. The molecule has 136 valence electrons. The molecule has 0 aliphatic heterocycles. The summed E-state index contributed by atoms with van der Waals surface area (Å²) in [4.78, 5) is 17.5. The zero-order chi connectivity index (χ0) is 18.7. The molecule has 2 aromatic heterocycles. The van der Waals surface area contributed by atoms with E-state index in [4.69, 9.17) is 9.72 Å². The highest BCUT2D eigenvalue weighted by atomic mass is 16.5. The van der Waals surface area contributed by atoms with Gasteiger partial charge in [0, 0.05) is 26.2 Å². The third kappa shape index (κ3) is 3.23. The minimum Gasteiger partial charge on any atom is -0.462 e. The van der Waals surface area contributed by atoms with Crippen LogP contribution in [-0.4, -0.2) is 51.7 Å². The van der Waals surface area contributed by atoms with E-state index >= 15 is 0 Å². The number of pyridine rings is 1. The molecule has 3 rings (SSSR count). The van der Waals surface area contributed by atoms with Crippen LogP contribution in [0.2, 0.25) is 0 Å². The maximum atomic E-state index is 12.8. The summed E-state index contributed by atoms with van der Waals surface area (Å²) in [6, 6.07) is 9.56. The summed E-state index contributed by atoms with van der Waals surface area (Å²) in [5, 5.41) is 10.2. The fourth-order valence-corrected chi connectivity index (χ4v) is 2.77. The van der Waals surface area contributed by atoms with E-state index in [1.54, 1.807) is 16.6 Å². The SMILES string of the molecule is CCOC(=O)c1c(-c2ccccc2)nc(NN(C)C)c2nnn(CC)c12. The zero-order valence-corrected chi connectivity index (χ0v) is 15.4. The van der Waals surface area contributed by atoms with Crippen molar-refractivity contribution in [3.05, 3.63) is 35.9 Å². The molecule has 0 saturated carbocycles. The first-order valence-electron chi connectivity index (χ1n) is 8.50. The molecular formula is C18H22N6O2. The number of benzene rings is 1. The van der Waals surface area contributed by atoms with Gasteiger partial charge < -0.3 is 10.2 Å². The second-order valence-electron chi connectivity index (χ2n) is 5.88. The van der Waals surface area contributed by atoms with Crippen molar-refractivity contribution in [2.45, 2.75) is 20.4 Å². The number of rotatable bonds is 6. The average molecular weight is 354 g/mol. The minimum absolute atomic E-state index is 0.278. The van der Waals surface area contributed by atoms with Crippen LogP contribution in [0.1, 0.15) is 24.2 Å². The number of aromatic nitrogens is 4. The van der Waals surface area contributed by atoms with Gasteiger partial charge in [-0.25, -0.2) is 19.5 Å². The van der Waals surface area contributed by atoms with E-state index in [2.05, 4.69) is 15.7 Å². The lowest BCUT2D eigenvalue weighted by Gasteiger charge is -2.17. The van der Waals surface area contributed by atoms with Crippen LogP contribution in [0, 0.1) is 0 Å². The lowest BCUT2D eigenvalue weighted by molar-refractivity contribution is 0.0528. The van der Waals surface area contributed by atoms with Gasteiger partial charge in [0.1, 0.15) is 11.1 Å². The summed E-state index contributed by atoms with van der Waals surface area (Å²) in [5.41, 5.74) is 6.03. The van der Waals surface area contributed by atoms with Crippen LogP contribution >= 0.6 is 0 Å². The van der Waals surface area contributed by atoms with Gasteiger partial charge in [-0.15, -0.1) is 5.10 Å². The second kappa shape index (κ2) is 7.49. The smallest absolute Gasteiger partial charge is 0.342 e. The summed E-state index contributed by atoms with van der Waals surface area (Å²) in [7, 11) is 3.72. The summed E-state index contributed by atoms with van der Waals surface area (Å²) in [5.74, 6) is 0.105. The Morgan fingerprint density at radius 2 is 1.96 bits per heavy atom. The number of hydrazine groups is 1. The fourth-order valence-electron chi connectivity index (χ4n) is 2.77. The number of aryl methyl sites for hydroxylation is 1. The molecule has 26 heavy (non-hydrogen) atoms. The number of ether oxygens (including phenoxy) is 1. The largest absolute Gasteiger partial charge is 0.462 e. The number of anilines is 1. The molecular weight excluding hydrogens is 332 g/mol. The number of fused-ring (bicyclic) bond motifs is 1. The van der Waals surface area contributed by atoms with Crippen molar-refractivity contribution in [2.24, 2.45) is 0 Å². The Bertz CT molecular complexity index is 920. The highest BCUT2D eigenvalue weighted by molar-refractivity contribution is 6.09. The van der Waals surface area contributed by atoms with Gasteiger partial charge in [0.25, 0.3) is 0 Å². The molecule has 3 aromatic rings. The highest BCUT2D eigenvalue weighted by Crippen LogP contribution is 2.32. The molecule has 0 saturated heterocycles. The van der Waals surface area contributed by atoms with Gasteiger partial charge in [-0.1, -0.05) is 35.5 Å². The van der Waals surface area contributed by atoms with Gasteiger partial charge in [-0.2, -0.15) is 0 Å². The molecule has 0 fully saturated rings. The molecule has 1 aromatic carbocycles. The van der Waals surface area contributed by atoms with E-state index in [0.717, 1.165) is 5.56 Å². The second-order valence-corrected chi connectivity index (χ2v) is 5.88. The summed E-state index contributed by atoms with van der Waals surface area (Å²) in [6.45, 7) is 4.58. The molecule has 0 spiro atoms. The zero-order valence-electron chi connectivity index (χ0n) is 15.4. The normalized spacial score (nSPS) is 11.1. The van der Waals surface area contributed by atoms with E-state index in [1.165, 1.54) is 0 Å². The molecule has 0 amide bonds. The van der Waals surface area contributed by atoms with E-state index < -0.39 is 5.97 Å². The number of nitrogens with zero attached hydrogens (tertiary/aromatic N) is 5. The van der Waals surface area contributed by atoms with Gasteiger partial charge in [-0.3, -0.25) is 0 Å². The van der Waals surface area contributed by atoms with Gasteiger partial charge in [0.05, 0.1) is 12.3 Å². The number of hydrogen-bond acceptors (Lipinski definition) is 7. The monoisotopic (exact) mass is 354 g/mol. The molecule has 0 unspecified atom stereocenters. The standard InChI is InChI=1S/C18H22N6O2/c1-5-24-16-13(18(25)26-6-2)14(12-10-8-7-9-11-12)19-17(21-23(3)4)15(16)20-22-24/h7-11H,5-6H2,1-4H3,(H,19,21). The Morgan fingerprint density at radius 3 is 2.58 bits per heavy atom. The number of hydrogen-bond donors (Lipinski definition) is 1. The quantitative estimate of drug-likeness (QED) is 0.538. The molecule has 8 heteroatoms. The predicted molar refractivity (Wildman–Crippen MR) is 99.7 cm³/mol. The molecule has 0 radical (unpaired) electrons. The Hall–Kier alpha value is -3.00. The topological polar surface area (TPSA) is 85.2 Å². The first kappa shape index (κ1) is 17.8. The Kier molecular flexibility index (Phi) is 5.13. The maximum Gasteiger partial charge on any atom is 0.342 e. The van der Waals surface area contributed by atoms with Crippen molar-refractivity contribution < 1.29 is 9.53 Å². The summed E-state index contributed by atoms with van der Waals surface area (Å²) in [6.07, 6.45) is 0. The van der Waals surface area contributed by atoms with Crippen LogP contribution in [0.25, 0.3) is 22.3 Å². The fraction of sp³-hybridized carbons (Fsp3) is 0.333. The summed E-state index contributed by atoms with van der Waals surface area (Å²) < 4.78 is 7.00. The van der Waals surface area contributed by atoms with Crippen LogP contribution in [0.5, 0.6) is 0 Å². The third-order valence-electron chi connectivity index (χ3n) is 3.81. The molecule has 1 N–H and O–H groups in total. The van der Waals surface area contributed by atoms with Crippen molar-refractivity contribution in [1.29, 1.82) is 0 Å². The average Bonchev–Trinajstić information content (AvgIpc) is 3.06. The van der Waals surface area contributed by atoms with Crippen LogP contribution in [0.4, 0.5) is 5.82 Å². The third-order valence-corrected chi connectivity index (χ3v) is 3.81. The van der Waals surface area contributed by atoms with Crippen LogP contribution in [0.15, 0.2) is 30.3 Å². The number of esters is 1. The van der Waals surface area contributed by atoms with Crippen molar-refractivity contribution in [1.82, 2.24) is 25.0 Å². The number of carbonyl (C=O) groups excluding carboxylic acids is 1. The van der Waals surface area contributed by atoms with Gasteiger partial charge in [0.2, 0.25) is 0 Å². The lowest BCUT2D eigenvalue weighted by Crippen LogP contribution is -2.21. The molecule has 0 atom stereocenters. The van der Waals surface area contributed by atoms with Crippen molar-refractivity contribution >= 4 is 22.8 Å². The summed E-state index contributed by atoms with van der Waals surface area (Å²) >= 11 is 0. The molecule has 0 aliphatic rings. The van der Waals surface area contributed by atoms with E-state index in [0.29, 0.717) is 34.7 Å². The highest BCUT2D eigenvalue weighted by Gasteiger charge is 2.26. The van der Waals surface area contributed by atoms with E-state index in [1.807, 2.05) is 51.4 Å². The van der Waals surface area contributed by atoms with Gasteiger partial charge >= 0.3 is 5.97 Å². The number of carbonyl (C=O) groups is 1. The molecule has 8 nitrogen and oxygen atoms in total. The first-order valence-corrected chi connectivity index (χ1v) is 8.50. The van der Waals surface area contributed by atoms with Crippen LogP contribution < -0.4 is 5.43 Å². The van der Waals surface area contributed by atoms with Crippen molar-refractivity contribution in [3.8, 4) is 11.3 Å². The van der Waals surface area contributed by atoms with Crippen LogP contribution in [-0.2, 0) is 11.3 Å². The van der Waals surface area contributed by atoms with Crippen molar-refractivity contribution in [3.63, 3.8) is 0 Å². The van der Waals surface area contributed by atoms with Crippen molar-refractivity contribution in [2.75, 3.05) is 26.1 Å². The van der Waals surface area contributed by atoms with E-state index in [9.17, 15) is 4.79 Å². The minimum atomic E-state index is -0.433. The van der Waals surface area contributed by atoms with E-state index in [-0.39, 0.29) is 6.61 Å². The Balaban J connectivity index is 2.38. The van der Waals surface area contributed by atoms with Gasteiger partial charge in [-0.05, 0) is 13.8 Å². The first-order chi connectivity index (χ1) is 12.6. The Morgan fingerprint density at radius 1 is 1.23 bits per heavy atom. The maximum absolute atomic E-state index is 12.8.